The summed E-state index contributed by atoms with van der Waals surface area (Å²) in [5.74, 6) is -3.20. The predicted molar refractivity (Wildman–Crippen MR) is 130 cm³/mol. The molecular formula is C26H23N3O7. The number of imide groups is 2. The van der Waals surface area contributed by atoms with Crippen LogP contribution in [-0.2, 0) is 19.1 Å². The summed E-state index contributed by atoms with van der Waals surface area (Å²) >= 11 is 0. The number of carboxylic acids is 1. The van der Waals surface area contributed by atoms with Crippen LogP contribution in [-0.4, -0.2) is 58.0 Å². The molecule has 0 aliphatic carbocycles. The van der Waals surface area contributed by atoms with Gasteiger partial charge in [0.05, 0.1) is 18.4 Å². The first-order valence-corrected chi connectivity index (χ1v) is 11.1. The van der Waals surface area contributed by atoms with E-state index in [0.29, 0.717) is 16.5 Å². The quantitative estimate of drug-likeness (QED) is 0.319. The fraction of sp³-hybridized carbons (Fsp3) is 0.192. The van der Waals surface area contributed by atoms with Crippen molar-refractivity contribution in [2.24, 2.45) is 0 Å². The van der Waals surface area contributed by atoms with Crippen molar-refractivity contribution in [3.8, 4) is 0 Å². The second-order valence-electron chi connectivity index (χ2n) is 8.09. The molecule has 4 amide bonds. The summed E-state index contributed by atoms with van der Waals surface area (Å²) in [6.07, 6.45) is 3.06. The van der Waals surface area contributed by atoms with Crippen LogP contribution < -0.4 is 4.90 Å². The number of fused-ring (bicyclic) bond motifs is 1. The lowest BCUT2D eigenvalue weighted by Gasteiger charge is -2.33. The van der Waals surface area contributed by atoms with Gasteiger partial charge >= 0.3 is 18.0 Å². The first-order chi connectivity index (χ1) is 17.2. The molecule has 3 aromatic rings. The molecule has 1 saturated heterocycles. The highest BCUT2D eigenvalue weighted by Gasteiger charge is 2.42. The SMILES string of the molecule is CCN1C(=O)/C(=C/c2cn(C(C)C(=O)OC)c3ccccc23)C(=O)N(c2ccc(C(=O)O)cc2)C1=O. The Labute approximate surface area is 206 Å². The average Bonchev–Trinajstić information content (AvgIpc) is 3.24. The lowest BCUT2D eigenvalue weighted by molar-refractivity contribution is -0.144. The minimum Gasteiger partial charge on any atom is -0.478 e. The number of carbonyl (C=O) groups is 5. The molecule has 4 rings (SSSR count). The minimum absolute atomic E-state index is 0.0117. The molecule has 1 aromatic heterocycles. The molecule has 0 bridgehead atoms. The Bertz CT molecular complexity index is 1440. The normalized spacial score (nSPS) is 16.1. The van der Waals surface area contributed by atoms with Gasteiger partial charge < -0.3 is 14.4 Å². The molecule has 1 N–H and O–H groups in total. The van der Waals surface area contributed by atoms with Crippen LogP contribution >= 0.6 is 0 Å². The average molecular weight is 489 g/mol. The van der Waals surface area contributed by atoms with E-state index in [1.165, 1.54) is 37.5 Å². The zero-order valence-corrected chi connectivity index (χ0v) is 19.8. The maximum absolute atomic E-state index is 13.5. The highest BCUT2D eigenvalue weighted by molar-refractivity contribution is 6.39. The molecule has 2 heterocycles. The highest BCUT2D eigenvalue weighted by atomic mass is 16.5. The first kappa shape index (κ1) is 24.4. The number of carboxylic acid groups (broad SMARTS) is 1. The van der Waals surface area contributed by atoms with Crippen LogP contribution in [0.1, 0.15) is 35.8 Å². The van der Waals surface area contributed by atoms with E-state index in [0.717, 1.165) is 9.80 Å². The van der Waals surface area contributed by atoms with Crippen molar-refractivity contribution in [1.29, 1.82) is 0 Å². The summed E-state index contributed by atoms with van der Waals surface area (Å²) in [5.41, 5.74) is 1.08. The number of hydrogen-bond acceptors (Lipinski definition) is 6. The summed E-state index contributed by atoms with van der Waals surface area (Å²) in [4.78, 5) is 64.8. The Balaban J connectivity index is 1.84. The van der Waals surface area contributed by atoms with Crippen molar-refractivity contribution in [3.05, 3.63) is 71.4 Å². The van der Waals surface area contributed by atoms with Crippen LogP contribution in [0.2, 0.25) is 0 Å². The zero-order chi connectivity index (χ0) is 26.1. The number of aromatic nitrogens is 1. The van der Waals surface area contributed by atoms with E-state index in [9.17, 15) is 24.0 Å². The summed E-state index contributed by atoms with van der Waals surface area (Å²) in [7, 11) is 1.29. The molecular weight excluding hydrogens is 466 g/mol. The van der Waals surface area contributed by atoms with Gasteiger partial charge in [0.25, 0.3) is 11.8 Å². The molecule has 1 aliphatic heterocycles. The number of aromatic carboxylic acids is 1. The smallest absolute Gasteiger partial charge is 0.338 e. The van der Waals surface area contributed by atoms with Gasteiger partial charge in [-0.1, -0.05) is 18.2 Å². The Kier molecular flexibility index (Phi) is 6.43. The van der Waals surface area contributed by atoms with Crippen LogP contribution in [0, 0.1) is 0 Å². The number of hydrogen-bond donors (Lipinski definition) is 1. The topological polar surface area (TPSA) is 126 Å². The van der Waals surface area contributed by atoms with Crippen molar-refractivity contribution in [2.45, 2.75) is 19.9 Å². The monoisotopic (exact) mass is 489 g/mol. The Hall–Kier alpha value is -4.73. The fourth-order valence-corrected chi connectivity index (χ4v) is 4.14. The predicted octanol–water partition coefficient (Wildman–Crippen LogP) is 3.47. The van der Waals surface area contributed by atoms with Crippen molar-refractivity contribution in [1.82, 2.24) is 9.47 Å². The van der Waals surface area contributed by atoms with Gasteiger partial charge in [0.1, 0.15) is 11.6 Å². The van der Waals surface area contributed by atoms with Crippen LogP contribution in [0.15, 0.2) is 60.3 Å². The third-order valence-corrected chi connectivity index (χ3v) is 6.05. The third-order valence-electron chi connectivity index (χ3n) is 6.05. The van der Waals surface area contributed by atoms with Gasteiger partial charge in [0, 0.05) is 29.2 Å². The van der Waals surface area contributed by atoms with Crippen molar-refractivity contribution < 1.29 is 33.8 Å². The molecule has 0 saturated carbocycles. The van der Waals surface area contributed by atoms with E-state index in [2.05, 4.69) is 0 Å². The molecule has 1 aliphatic rings. The van der Waals surface area contributed by atoms with E-state index in [4.69, 9.17) is 9.84 Å². The number of benzene rings is 2. The van der Waals surface area contributed by atoms with Gasteiger partial charge in [0.15, 0.2) is 0 Å². The first-order valence-electron chi connectivity index (χ1n) is 11.1. The van der Waals surface area contributed by atoms with Gasteiger partial charge in [-0.2, -0.15) is 0 Å². The van der Waals surface area contributed by atoms with Gasteiger partial charge in [0.2, 0.25) is 0 Å². The van der Waals surface area contributed by atoms with Gasteiger partial charge in [-0.15, -0.1) is 0 Å². The Morgan fingerprint density at radius 3 is 2.31 bits per heavy atom. The van der Waals surface area contributed by atoms with E-state index >= 15 is 0 Å². The number of para-hydroxylation sites is 1. The van der Waals surface area contributed by atoms with Crippen LogP contribution in [0.4, 0.5) is 10.5 Å². The number of barbiturate groups is 1. The molecule has 10 nitrogen and oxygen atoms in total. The van der Waals surface area contributed by atoms with E-state index in [1.54, 1.807) is 48.9 Å². The van der Waals surface area contributed by atoms with E-state index < -0.39 is 35.8 Å². The van der Waals surface area contributed by atoms with Gasteiger partial charge in [-0.3, -0.25) is 14.5 Å². The number of ether oxygens (including phenoxy) is 1. The van der Waals surface area contributed by atoms with E-state index in [-0.39, 0.29) is 23.4 Å². The zero-order valence-electron chi connectivity index (χ0n) is 19.8. The Morgan fingerprint density at radius 1 is 1.03 bits per heavy atom. The van der Waals surface area contributed by atoms with Crippen LogP contribution in [0.3, 0.4) is 0 Å². The maximum atomic E-state index is 13.5. The molecule has 2 aromatic carbocycles. The fourth-order valence-electron chi connectivity index (χ4n) is 4.14. The number of likely N-dealkylation sites (N-methyl/N-ethyl adjacent to an activating group) is 1. The maximum Gasteiger partial charge on any atom is 0.338 e. The minimum atomic E-state index is -1.15. The molecule has 36 heavy (non-hydrogen) atoms. The third kappa shape index (κ3) is 4.02. The number of anilines is 1. The largest absolute Gasteiger partial charge is 0.478 e. The molecule has 0 radical (unpaired) electrons. The summed E-state index contributed by atoms with van der Waals surface area (Å²) in [6, 6.07) is 10.9. The number of esters is 1. The summed E-state index contributed by atoms with van der Waals surface area (Å²) in [6.45, 7) is 3.30. The number of amides is 4. The molecule has 1 fully saturated rings. The summed E-state index contributed by atoms with van der Waals surface area (Å²) in [5, 5.41) is 9.84. The van der Waals surface area contributed by atoms with Crippen LogP contribution in [0.25, 0.3) is 17.0 Å². The number of urea groups is 1. The number of carbonyl (C=O) groups excluding carboxylic acids is 4. The van der Waals surface area contributed by atoms with Crippen molar-refractivity contribution >= 4 is 52.5 Å². The number of methoxy groups -OCH3 is 1. The number of rotatable bonds is 6. The lowest BCUT2D eigenvalue weighted by atomic mass is 10.0. The van der Waals surface area contributed by atoms with Gasteiger partial charge in [-0.25, -0.2) is 19.3 Å². The van der Waals surface area contributed by atoms with Crippen LogP contribution in [0.5, 0.6) is 0 Å². The van der Waals surface area contributed by atoms with Gasteiger partial charge in [-0.05, 0) is 50.3 Å². The van der Waals surface area contributed by atoms with E-state index in [1.807, 2.05) is 0 Å². The highest BCUT2D eigenvalue weighted by Crippen LogP contribution is 2.30. The molecule has 1 unspecified atom stereocenters. The second-order valence-corrected chi connectivity index (χ2v) is 8.09. The standard InChI is InChI=1S/C26H23N3O7/c1-4-27-22(30)20(23(31)29(26(27)35)18-11-9-16(10-12-18)24(32)33)13-17-14-28(15(2)25(34)36-3)21-8-6-5-7-19(17)21/h5-15H,4H2,1-3H3,(H,32,33)/b20-13-. The summed E-state index contributed by atoms with van der Waals surface area (Å²) < 4.78 is 6.56. The molecule has 10 heteroatoms. The van der Waals surface area contributed by atoms with Crippen molar-refractivity contribution in [3.63, 3.8) is 0 Å². The second kappa shape index (κ2) is 9.49. The molecule has 0 spiro atoms. The Morgan fingerprint density at radius 2 is 1.69 bits per heavy atom. The van der Waals surface area contributed by atoms with Crippen molar-refractivity contribution in [2.75, 3.05) is 18.6 Å². The number of nitrogens with zero attached hydrogens (tertiary/aromatic N) is 3. The molecule has 184 valence electrons. The molecule has 1 atom stereocenters. The lowest BCUT2D eigenvalue weighted by Crippen LogP contribution is -2.56.